The van der Waals surface area contributed by atoms with E-state index in [1.165, 1.54) is 60.8 Å². The summed E-state index contributed by atoms with van der Waals surface area (Å²) in [5.74, 6) is -0.648. The molecule has 0 aromatic heterocycles. The van der Waals surface area contributed by atoms with E-state index in [2.05, 4.69) is 15.2 Å². The van der Waals surface area contributed by atoms with Crippen molar-refractivity contribution < 1.29 is 18.1 Å². The van der Waals surface area contributed by atoms with Crippen molar-refractivity contribution in [3.05, 3.63) is 99.1 Å². The molecule has 0 saturated heterocycles. The molecular weight excluding hydrogens is 444 g/mol. The van der Waals surface area contributed by atoms with Gasteiger partial charge in [0, 0.05) is 34.0 Å². The van der Waals surface area contributed by atoms with Crippen LogP contribution in [0.25, 0.3) is 0 Å². The Hall–Kier alpha value is -3.76. The first-order chi connectivity index (χ1) is 14.7. The average molecular weight is 459 g/mol. The average Bonchev–Trinajstić information content (AvgIpc) is 2.75. The highest BCUT2D eigenvalue weighted by atomic mass is 35.5. The molecule has 3 aromatic carbocycles. The summed E-state index contributed by atoms with van der Waals surface area (Å²) in [6.45, 7) is 0. The lowest BCUT2D eigenvalue weighted by molar-refractivity contribution is -0.384. The summed E-state index contributed by atoms with van der Waals surface area (Å²) < 4.78 is 27.6. The number of carbonyl (C=O) groups is 1. The Bertz CT molecular complexity index is 1260. The molecular formula is C20H15ClN4O5S. The Morgan fingerprint density at radius 2 is 1.74 bits per heavy atom. The number of sulfonamides is 1. The van der Waals surface area contributed by atoms with Gasteiger partial charge in [-0.15, -0.1) is 0 Å². The smallest absolute Gasteiger partial charge is 0.271 e. The molecule has 0 fully saturated rings. The van der Waals surface area contributed by atoms with E-state index in [0.717, 1.165) is 0 Å². The molecule has 0 heterocycles. The standard InChI is InChI=1S/C20H15ClN4O5S/c21-16-7-9-17(10-8-16)24-31(29,30)19-6-2-4-15(12-19)20(26)23-22-13-14-3-1-5-18(11-14)25(27)28/h1-13,24H,(H,23,26)/b22-13+. The summed E-state index contributed by atoms with van der Waals surface area (Å²) in [6.07, 6.45) is 1.24. The van der Waals surface area contributed by atoms with Crippen molar-refractivity contribution in [1.29, 1.82) is 0 Å². The number of nitro groups is 1. The van der Waals surface area contributed by atoms with Crippen LogP contribution in [-0.4, -0.2) is 25.5 Å². The molecule has 3 aromatic rings. The third kappa shape index (κ3) is 5.87. The normalized spacial score (nSPS) is 11.3. The maximum atomic E-state index is 12.6. The third-order valence-corrected chi connectivity index (χ3v) is 5.59. The van der Waals surface area contributed by atoms with E-state index in [1.54, 1.807) is 18.2 Å². The van der Waals surface area contributed by atoms with Crippen LogP contribution in [-0.2, 0) is 10.0 Å². The molecule has 0 aliphatic heterocycles. The molecule has 3 rings (SSSR count). The van der Waals surface area contributed by atoms with Crippen molar-refractivity contribution in [3.8, 4) is 0 Å². The fraction of sp³-hybridized carbons (Fsp3) is 0. The maximum Gasteiger partial charge on any atom is 0.271 e. The van der Waals surface area contributed by atoms with E-state index in [4.69, 9.17) is 11.6 Å². The Morgan fingerprint density at radius 3 is 2.45 bits per heavy atom. The van der Waals surface area contributed by atoms with Crippen LogP contribution in [0.2, 0.25) is 5.02 Å². The van der Waals surface area contributed by atoms with Gasteiger partial charge >= 0.3 is 0 Å². The lowest BCUT2D eigenvalue weighted by Crippen LogP contribution is -2.19. The number of amides is 1. The second-order valence-electron chi connectivity index (χ2n) is 6.19. The predicted molar refractivity (Wildman–Crippen MR) is 117 cm³/mol. The summed E-state index contributed by atoms with van der Waals surface area (Å²) in [6, 6.07) is 17.2. The van der Waals surface area contributed by atoms with Gasteiger partial charge in [-0.3, -0.25) is 19.6 Å². The molecule has 158 valence electrons. The largest absolute Gasteiger partial charge is 0.280 e. The molecule has 0 atom stereocenters. The number of anilines is 1. The molecule has 1 amide bonds. The lowest BCUT2D eigenvalue weighted by Gasteiger charge is -2.09. The van der Waals surface area contributed by atoms with Crippen LogP contribution in [0.1, 0.15) is 15.9 Å². The second-order valence-corrected chi connectivity index (χ2v) is 8.31. The zero-order valence-electron chi connectivity index (χ0n) is 15.7. The van der Waals surface area contributed by atoms with Crippen LogP contribution in [0, 0.1) is 10.1 Å². The molecule has 0 aliphatic carbocycles. The SMILES string of the molecule is O=C(N/N=C/c1cccc([N+](=O)[O-])c1)c1cccc(S(=O)(=O)Nc2ccc(Cl)cc2)c1. The van der Waals surface area contributed by atoms with Crippen molar-refractivity contribution in [2.24, 2.45) is 5.10 Å². The van der Waals surface area contributed by atoms with Gasteiger partial charge in [0.2, 0.25) is 0 Å². The number of benzene rings is 3. The zero-order chi connectivity index (χ0) is 22.4. The fourth-order valence-corrected chi connectivity index (χ4v) is 3.72. The first kappa shape index (κ1) is 21.9. The number of hydrazone groups is 1. The Kier molecular flexibility index (Phi) is 6.63. The van der Waals surface area contributed by atoms with E-state index in [0.29, 0.717) is 16.3 Å². The van der Waals surface area contributed by atoms with E-state index >= 15 is 0 Å². The van der Waals surface area contributed by atoms with E-state index in [1.807, 2.05) is 0 Å². The van der Waals surface area contributed by atoms with Gasteiger partial charge in [-0.2, -0.15) is 5.10 Å². The lowest BCUT2D eigenvalue weighted by atomic mass is 10.2. The number of halogens is 1. The van der Waals surface area contributed by atoms with Crippen molar-refractivity contribution in [3.63, 3.8) is 0 Å². The number of nitrogens with zero attached hydrogens (tertiary/aromatic N) is 2. The quantitative estimate of drug-likeness (QED) is 0.315. The van der Waals surface area contributed by atoms with Crippen LogP contribution in [0.4, 0.5) is 11.4 Å². The highest BCUT2D eigenvalue weighted by molar-refractivity contribution is 7.92. The third-order valence-electron chi connectivity index (χ3n) is 3.96. The Labute approximate surface area is 182 Å². The molecule has 0 radical (unpaired) electrons. The van der Waals surface area contributed by atoms with Gasteiger partial charge in [-0.25, -0.2) is 13.8 Å². The van der Waals surface area contributed by atoms with Gasteiger partial charge in [0.05, 0.1) is 16.0 Å². The van der Waals surface area contributed by atoms with Gasteiger partial charge < -0.3 is 0 Å². The topological polar surface area (TPSA) is 131 Å². The molecule has 31 heavy (non-hydrogen) atoms. The van der Waals surface area contributed by atoms with Gasteiger partial charge in [-0.05, 0) is 42.5 Å². The highest BCUT2D eigenvalue weighted by Crippen LogP contribution is 2.19. The van der Waals surface area contributed by atoms with Crippen molar-refractivity contribution >= 4 is 45.1 Å². The van der Waals surface area contributed by atoms with E-state index in [-0.39, 0.29) is 16.1 Å². The second kappa shape index (κ2) is 9.37. The fourth-order valence-electron chi connectivity index (χ4n) is 2.49. The molecule has 0 aliphatic rings. The number of nitrogens with one attached hydrogen (secondary N) is 2. The molecule has 0 saturated carbocycles. The Morgan fingerprint density at radius 1 is 1.03 bits per heavy atom. The van der Waals surface area contributed by atoms with Crippen molar-refractivity contribution in [1.82, 2.24) is 5.43 Å². The number of nitro benzene ring substituents is 1. The molecule has 9 nitrogen and oxygen atoms in total. The molecule has 0 unspecified atom stereocenters. The minimum absolute atomic E-state index is 0.0650. The van der Waals surface area contributed by atoms with Crippen molar-refractivity contribution in [2.75, 3.05) is 4.72 Å². The number of non-ortho nitro benzene ring substituents is 1. The first-order valence-corrected chi connectivity index (χ1v) is 10.6. The van der Waals surface area contributed by atoms with Crippen LogP contribution < -0.4 is 10.1 Å². The van der Waals surface area contributed by atoms with Gasteiger partial charge in [0.15, 0.2) is 0 Å². The van der Waals surface area contributed by atoms with Gasteiger partial charge in [0.25, 0.3) is 21.6 Å². The number of hydrogen-bond acceptors (Lipinski definition) is 6. The number of rotatable bonds is 7. The summed E-state index contributed by atoms with van der Waals surface area (Å²) in [5.41, 5.74) is 2.95. The summed E-state index contributed by atoms with van der Waals surface area (Å²) in [7, 11) is -3.93. The molecule has 11 heteroatoms. The number of hydrogen-bond donors (Lipinski definition) is 2. The van der Waals surface area contributed by atoms with Crippen LogP contribution in [0.5, 0.6) is 0 Å². The molecule has 0 bridgehead atoms. The minimum Gasteiger partial charge on any atom is -0.280 e. The predicted octanol–water partition coefficient (Wildman–Crippen LogP) is 3.81. The van der Waals surface area contributed by atoms with Gasteiger partial charge in [-0.1, -0.05) is 29.8 Å². The number of carbonyl (C=O) groups excluding carboxylic acids is 1. The molecule has 0 spiro atoms. The monoisotopic (exact) mass is 458 g/mol. The summed E-state index contributed by atoms with van der Waals surface area (Å²) in [5, 5.41) is 15.0. The van der Waals surface area contributed by atoms with E-state index in [9.17, 15) is 23.3 Å². The van der Waals surface area contributed by atoms with Crippen LogP contribution in [0.3, 0.4) is 0 Å². The zero-order valence-corrected chi connectivity index (χ0v) is 17.3. The van der Waals surface area contributed by atoms with Crippen LogP contribution >= 0.6 is 11.6 Å². The van der Waals surface area contributed by atoms with E-state index < -0.39 is 20.9 Å². The Balaban J connectivity index is 1.71. The van der Waals surface area contributed by atoms with Crippen molar-refractivity contribution in [2.45, 2.75) is 4.90 Å². The van der Waals surface area contributed by atoms with Gasteiger partial charge in [0.1, 0.15) is 0 Å². The maximum absolute atomic E-state index is 12.6. The minimum atomic E-state index is -3.93. The first-order valence-electron chi connectivity index (χ1n) is 8.71. The van der Waals surface area contributed by atoms with Crippen LogP contribution in [0.15, 0.2) is 82.8 Å². The molecule has 2 N–H and O–H groups in total. The summed E-state index contributed by atoms with van der Waals surface area (Å²) >= 11 is 5.79. The summed E-state index contributed by atoms with van der Waals surface area (Å²) in [4.78, 5) is 22.5. The highest BCUT2D eigenvalue weighted by Gasteiger charge is 2.16.